The number of carbonyl (C=O) groups excluding carboxylic acids is 1. The summed E-state index contributed by atoms with van der Waals surface area (Å²) in [4.78, 5) is 14.0. The first kappa shape index (κ1) is 11.2. The number of fused-ring (bicyclic) bond motifs is 1. The van der Waals surface area contributed by atoms with Gasteiger partial charge in [0.2, 0.25) is 5.91 Å². The number of amides is 1. The smallest absolute Gasteiger partial charge is 0.227 e. The van der Waals surface area contributed by atoms with Gasteiger partial charge in [0.25, 0.3) is 0 Å². The Hall–Kier alpha value is -1.31. The van der Waals surface area contributed by atoms with E-state index in [0.29, 0.717) is 12.3 Å². The van der Waals surface area contributed by atoms with Gasteiger partial charge in [-0.2, -0.15) is 0 Å². The van der Waals surface area contributed by atoms with Gasteiger partial charge in [-0.3, -0.25) is 4.79 Å². The molecule has 0 aliphatic carbocycles. The second-order valence-corrected chi connectivity index (χ2v) is 4.74. The molecule has 0 saturated heterocycles. The second kappa shape index (κ2) is 4.28. The third-order valence-electron chi connectivity index (χ3n) is 3.34. The summed E-state index contributed by atoms with van der Waals surface area (Å²) in [6.07, 6.45) is 0.563. The summed E-state index contributed by atoms with van der Waals surface area (Å²) in [6.45, 7) is 7.22. The van der Waals surface area contributed by atoms with E-state index >= 15 is 0 Å². The molecule has 1 heterocycles. The molecule has 2 rings (SSSR count). The van der Waals surface area contributed by atoms with Crippen LogP contribution in [-0.2, 0) is 11.2 Å². The zero-order valence-electron chi connectivity index (χ0n) is 10.2. The molecule has 2 heteroatoms. The summed E-state index contributed by atoms with van der Waals surface area (Å²) in [5.41, 5.74) is 2.54. The number of likely N-dealkylation sites (N-methyl/N-ethyl adjacent to an activating group) is 1. The maximum Gasteiger partial charge on any atom is 0.227 e. The number of benzene rings is 1. The molecule has 0 saturated carbocycles. The molecule has 2 nitrogen and oxygen atoms in total. The molecular formula is C14H19NO. The normalized spacial score (nSPS) is 20.1. The molecule has 1 unspecified atom stereocenters. The Kier molecular flexibility index (Phi) is 2.99. The SMILES string of the molecule is CCN1C(=O)Cc2ccccc2C1C(C)C. The van der Waals surface area contributed by atoms with Crippen LogP contribution in [0.3, 0.4) is 0 Å². The average molecular weight is 217 g/mol. The van der Waals surface area contributed by atoms with Crippen LogP contribution >= 0.6 is 0 Å². The Morgan fingerprint density at radius 1 is 1.38 bits per heavy atom. The van der Waals surface area contributed by atoms with Crippen molar-refractivity contribution in [1.29, 1.82) is 0 Å². The Bertz CT molecular complexity index is 397. The van der Waals surface area contributed by atoms with E-state index < -0.39 is 0 Å². The van der Waals surface area contributed by atoms with Crippen LogP contribution in [0.5, 0.6) is 0 Å². The molecule has 1 amide bonds. The first-order valence-corrected chi connectivity index (χ1v) is 6.02. The van der Waals surface area contributed by atoms with E-state index in [0.717, 1.165) is 6.54 Å². The zero-order valence-corrected chi connectivity index (χ0v) is 10.2. The molecular weight excluding hydrogens is 198 g/mol. The van der Waals surface area contributed by atoms with Gasteiger partial charge in [-0.15, -0.1) is 0 Å². The summed E-state index contributed by atoms with van der Waals surface area (Å²) < 4.78 is 0. The first-order valence-electron chi connectivity index (χ1n) is 6.02. The zero-order chi connectivity index (χ0) is 11.7. The number of hydrogen-bond donors (Lipinski definition) is 0. The minimum atomic E-state index is 0.252. The van der Waals surface area contributed by atoms with E-state index in [1.807, 2.05) is 11.0 Å². The minimum absolute atomic E-state index is 0.252. The molecule has 1 aliphatic rings. The molecule has 1 aromatic carbocycles. The van der Waals surface area contributed by atoms with E-state index in [1.165, 1.54) is 11.1 Å². The first-order chi connectivity index (χ1) is 7.65. The third kappa shape index (κ3) is 1.73. The summed E-state index contributed by atoms with van der Waals surface area (Å²) in [5.74, 6) is 0.727. The second-order valence-electron chi connectivity index (χ2n) is 4.74. The molecule has 0 N–H and O–H groups in total. The fraction of sp³-hybridized carbons (Fsp3) is 0.500. The van der Waals surface area contributed by atoms with Gasteiger partial charge in [-0.25, -0.2) is 0 Å². The molecule has 86 valence electrons. The van der Waals surface area contributed by atoms with Crippen LogP contribution in [0.1, 0.15) is 37.9 Å². The molecule has 16 heavy (non-hydrogen) atoms. The lowest BCUT2D eigenvalue weighted by atomic mass is 9.86. The van der Waals surface area contributed by atoms with Crippen LogP contribution in [0, 0.1) is 5.92 Å². The molecule has 1 aromatic rings. The van der Waals surface area contributed by atoms with E-state index in [-0.39, 0.29) is 11.9 Å². The molecule has 0 spiro atoms. The van der Waals surface area contributed by atoms with Crippen molar-refractivity contribution in [2.24, 2.45) is 5.92 Å². The molecule has 1 aliphatic heterocycles. The highest BCUT2D eigenvalue weighted by Gasteiger charge is 2.32. The summed E-state index contributed by atoms with van der Waals surface area (Å²) >= 11 is 0. The lowest BCUT2D eigenvalue weighted by molar-refractivity contribution is -0.134. The lowest BCUT2D eigenvalue weighted by Gasteiger charge is -2.39. The van der Waals surface area contributed by atoms with Gasteiger partial charge in [0, 0.05) is 6.54 Å². The molecule has 1 atom stereocenters. The van der Waals surface area contributed by atoms with Crippen molar-refractivity contribution >= 4 is 5.91 Å². The predicted molar refractivity (Wildman–Crippen MR) is 65.1 cm³/mol. The van der Waals surface area contributed by atoms with E-state index in [1.54, 1.807) is 0 Å². The van der Waals surface area contributed by atoms with Gasteiger partial charge in [0.05, 0.1) is 12.5 Å². The highest BCUT2D eigenvalue weighted by atomic mass is 16.2. The fourth-order valence-electron chi connectivity index (χ4n) is 2.66. The van der Waals surface area contributed by atoms with Gasteiger partial charge in [0.15, 0.2) is 0 Å². The van der Waals surface area contributed by atoms with Crippen molar-refractivity contribution in [1.82, 2.24) is 4.90 Å². The molecule has 0 fully saturated rings. The maximum absolute atomic E-state index is 12.0. The standard InChI is InChI=1S/C14H19NO/c1-4-15-13(16)9-11-7-5-6-8-12(11)14(15)10(2)3/h5-8,10,14H,4,9H2,1-3H3. The van der Waals surface area contributed by atoms with Crippen molar-refractivity contribution in [2.75, 3.05) is 6.54 Å². The number of nitrogens with zero attached hydrogens (tertiary/aromatic N) is 1. The Morgan fingerprint density at radius 2 is 2.06 bits per heavy atom. The van der Waals surface area contributed by atoms with E-state index in [4.69, 9.17) is 0 Å². The third-order valence-corrected chi connectivity index (χ3v) is 3.34. The van der Waals surface area contributed by atoms with E-state index in [2.05, 4.69) is 39.0 Å². The van der Waals surface area contributed by atoms with Gasteiger partial charge in [0.1, 0.15) is 0 Å². The van der Waals surface area contributed by atoms with Crippen LogP contribution in [0.15, 0.2) is 24.3 Å². The van der Waals surface area contributed by atoms with Crippen molar-refractivity contribution in [3.8, 4) is 0 Å². The predicted octanol–water partition coefficient (Wildman–Crippen LogP) is 2.79. The fourth-order valence-corrected chi connectivity index (χ4v) is 2.66. The Morgan fingerprint density at radius 3 is 2.69 bits per heavy atom. The highest BCUT2D eigenvalue weighted by molar-refractivity contribution is 5.81. The van der Waals surface area contributed by atoms with Crippen LogP contribution < -0.4 is 0 Å². The molecule has 0 bridgehead atoms. The maximum atomic E-state index is 12.0. The minimum Gasteiger partial charge on any atom is -0.335 e. The topological polar surface area (TPSA) is 20.3 Å². The van der Waals surface area contributed by atoms with Gasteiger partial charge < -0.3 is 4.90 Å². The Balaban J connectivity index is 2.48. The van der Waals surface area contributed by atoms with Crippen LogP contribution in [0.4, 0.5) is 0 Å². The quantitative estimate of drug-likeness (QED) is 0.746. The van der Waals surface area contributed by atoms with Gasteiger partial charge in [-0.1, -0.05) is 38.1 Å². The van der Waals surface area contributed by atoms with Crippen LogP contribution in [-0.4, -0.2) is 17.4 Å². The summed E-state index contributed by atoms with van der Waals surface area (Å²) in [6, 6.07) is 8.58. The number of hydrogen-bond acceptors (Lipinski definition) is 1. The van der Waals surface area contributed by atoms with Crippen LogP contribution in [0.2, 0.25) is 0 Å². The van der Waals surface area contributed by atoms with Crippen LogP contribution in [0.25, 0.3) is 0 Å². The van der Waals surface area contributed by atoms with Crippen molar-refractivity contribution in [2.45, 2.75) is 33.2 Å². The molecule has 0 radical (unpaired) electrons. The van der Waals surface area contributed by atoms with Crippen molar-refractivity contribution in [3.05, 3.63) is 35.4 Å². The summed E-state index contributed by atoms with van der Waals surface area (Å²) in [5, 5.41) is 0. The average Bonchev–Trinajstić information content (AvgIpc) is 2.26. The largest absolute Gasteiger partial charge is 0.335 e. The van der Waals surface area contributed by atoms with Gasteiger partial charge in [-0.05, 0) is 24.0 Å². The monoisotopic (exact) mass is 217 g/mol. The lowest BCUT2D eigenvalue weighted by Crippen LogP contribution is -2.42. The van der Waals surface area contributed by atoms with Gasteiger partial charge >= 0.3 is 0 Å². The highest BCUT2D eigenvalue weighted by Crippen LogP contribution is 2.35. The number of carbonyl (C=O) groups is 1. The molecule has 0 aromatic heterocycles. The Labute approximate surface area is 97.3 Å². The number of rotatable bonds is 2. The van der Waals surface area contributed by atoms with Crippen molar-refractivity contribution < 1.29 is 4.79 Å². The van der Waals surface area contributed by atoms with Crippen molar-refractivity contribution in [3.63, 3.8) is 0 Å². The summed E-state index contributed by atoms with van der Waals surface area (Å²) in [7, 11) is 0. The van der Waals surface area contributed by atoms with E-state index in [9.17, 15) is 4.79 Å².